The van der Waals surface area contributed by atoms with Crippen molar-refractivity contribution < 1.29 is 14.3 Å². The van der Waals surface area contributed by atoms with E-state index >= 15 is 0 Å². The van der Waals surface area contributed by atoms with Gasteiger partial charge in [0.25, 0.3) is 0 Å². The SMILES string of the molecule is CCN=C1N[C@@H]2[C@@H](C)[C@H](C)[C@@H](COC(C)=O)O[C@@H]2S1. The van der Waals surface area contributed by atoms with E-state index in [4.69, 9.17) is 9.47 Å². The molecule has 0 aromatic carbocycles. The zero-order valence-electron chi connectivity index (χ0n) is 11.9. The Bertz CT molecular complexity index is 375. The number of esters is 1. The maximum Gasteiger partial charge on any atom is 0.302 e. The zero-order valence-corrected chi connectivity index (χ0v) is 12.7. The molecule has 0 aromatic heterocycles. The Kier molecular flexibility index (Phi) is 4.73. The maximum absolute atomic E-state index is 10.9. The molecule has 0 bridgehead atoms. The molecule has 5 nitrogen and oxygen atoms in total. The molecule has 19 heavy (non-hydrogen) atoms. The standard InChI is InChI=1S/C13H22N2O3S/c1-5-14-13-15-11-8(3)7(2)10(6-17-9(4)16)18-12(11)19-13/h7-8,10-12H,5-6H2,1-4H3,(H,14,15)/t7-,8-,10+,11+,12+/m0/s1. The second-order valence-corrected chi connectivity index (χ2v) is 6.22. The van der Waals surface area contributed by atoms with Gasteiger partial charge in [0.05, 0.1) is 12.1 Å². The number of hydrogen-bond acceptors (Lipinski definition) is 5. The molecule has 0 spiro atoms. The van der Waals surface area contributed by atoms with Gasteiger partial charge in [0.1, 0.15) is 12.0 Å². The third-order valence-corrected chi connectivity index (χ3v) is 4.96. The average Bonchev–Trinajstić information content (AvgIpc) is 2.75. The van der Waals surface area contributed by atoms with Gasteiger partial charge >= 0.3 is 5.97 Å². The van der Waals surface area contributed by atoms with Crippen LogP contribution in [0.4, 0.5) is 0 Å². The summed E-state index contributed by atoms with van der Waals surface area (Å²) in [5.74, 6) is 0.544. The van der Waals surface area contributed by atoms with E-state index in [1.165, 1.54) is 6.92 Å². The largest absolute Gasteiger partial charge is 0.463 e. The molecule has 0 aliphatic carbocycles. The van der Waals surface area contributed by atoms with E-state index in [-0.39, 0.29) is 17.5 Å². The Labute approximate surface area is 118 Å². The van der Waals surface area contributed by atoms with Gasteiger partial charge in [0, 0.05) is 13.5 Å². The Morgan fingerprint density at radius 1 is 1.47 bits per heavy atom. The van der Waals surface area contributed by atoms with Crippen LogP contribution < -0.4 is 5.32 Å². The minimum atomic E-state index is -0.254. The quantitative estimate of drug-likeness (QED) is 0.799. The van der Waals surface area contributed by atoms with Gasteiger partial charge in [0.15, 0.2) is 5.17 Å². The Morgan fingerprint density at radius 2 is 2.21 bits per heavy atom. The average molecular weight is 286 g/mol. The van der Waals surface area contributed by atoms with Crippen molar-refractivity contribution in [2.75, 3.05) is 13.2 Å². The Hall–Kier alpha value is -0.750. The van der Waals surface area contributed by atoms with Crippen molar-refractivity contribution in [1.82, 2.24) is 5.32 Å². The van der Waals surface area contributed by atoms with Crippen LogP contribution in [0.5, 0.6) is 0 Å². The van der Waals surface area contributed by atoms with Crippen molar-refractivity contribution in [2.45, 2.75) is 45.3 Å². The van der Waals surface area contributed by atoms with Crippen LogP contribution in [0, 0.1) is 11.8 Å². The van der Waals surface area contributed by atoms with Gasteiger partial charge in [-0.1, -0.05) is 25.6 Å². The van der Waals surface area contributed by atoms with Crippen molar-refractivity contribution in [2.24, 2.45) is 16.8 Å². The molecule has 2 aliphatic rings. The Balaban J connectivity index is 2.01. The molecular formula is C13H22N2O3S. The lowest BCUT2D eigenvalue weighted by Crippen LogP contribution is -2.52. The minimum Gasteiger partial charge on any atom is -0.463 e. The van der Waals surface area contributed by atoms with Crippen molar-refractivity contribution in [3.05, 3.63) is 0 Å². The molecule has 0 unspecified atom stereocenters. The summed E-state index contributed by atoms with van der Waals surface area (Å²) in [6.45, 7) is 8.93. The van der Waals surface area contributed by atoms with Gasteiger partial charge in [-0.3, -0.25) is 9.79 Å². The fourth-order valence-electron chi connectivity index (χ4n) is 2.50. The molecule has 2 fully saturated rings. The summed E-state index contributed by atoms with van der Waals surface area (Å²) in [4.78, 5) is 15.3. The zero-order chi connectivity index (χ0) is 14.0. The number of fused-ring (bicyclic) bond motifs is 1. The molecule has 2 rings (SSSR count). The van der Waals surface area contributed by atoms with Crippen LogP contribution in [0.25, 0.3) is 0 Å². The van der Waals surface area contributed by atoms with E-state index in [2.05, 4.69) is 24.2 Å². The topological polar surface area (TPSA) is 59.9 Å². The van der Waals surface area contributed by atoms with Crippen LogP contribution in [0.15, 0.2) is 4.99 Å². The van der Waals surface area contributed by atoms with Crippen molar-refractivity contribution in [3.63, 3.8) is 0 Å². The summed E-state index contributed by atoms with van der Waals surface area (Å²) in [6.07, 6.45) is -0.0320. The van der Waals surface area contributed by atoms with Crippen molar-refractivity contribution in [1.29, 1.82) is 0 Å². The number of aliphatic imine (C=N–C) groups is 1. The molecule has 2 saturated heterocycles. The van der Waals surface area contributed by atoms with Crippen LogP contribution in [0.3, 0.4) is 0 Å². The summed E-state index contributed by atoms with van der Waals surface area (Å²) < 4.78 is 11.2. The van der Waals surface area contributed by atoms with Gasteiger partial charge in [-0.05, 0) is 18.8 Å². The van der Waals surface area contributed by atoms with E-state index in [1.54, 1.807) is 11.8 Å². The Morgan fingerprint density at radius 3 is 2.84 bits per heavy atom. The van der Waals surface area contributed by atoms with E-state index in [9.17, 15) is 4.79 Å². The first-order valence-corrected chi connectivity index (χ1v) is 7.67. The highest BCUT2D eigenvalue weighted by Gasteiger charge is 2.46. The van der Waals surface area contributed by atoms with E-state index in [1.807, 2.05) is 6.92 Å². The fraction of sp³-hybridized carbons (Fsp3) is 0.846. The summed E-state index contributed by atoms with van der Waals surface area (Å²) >= 11 is 1.64. The molecule has 6 heteroatoms. The molecule has 0 radical (unpaired) electrons. The number of carbonyl (C=O) groups is 1. The third-order valence-electron chi connectivity index (χ3n) is 3.85. The number of ether oxygens (including phenoxy) is 2. The van der Waals surface area contributed by atoms with Gasteiger partial charge in [0.2, 0.25) is 0 Å². The molecule has 5 atom stereocenters. The number of nitrogens with one attached hydrogen (secondary N) is 1. The normalized spacial score (nSPS) is 39.8. The van der Waals surface area contributed by atoms with Crippen molar-refractivity contribution >= 4 is 22.9 Å². The molecule has 0 saturated carbocycles. The van der Waals surface area contributed by atoms with E-state index < -0.39 is 0 Å². The van der Waals surface area contributed by atoms with Gasteiger partial charge in [-0.15, -0.1) is 0 Å². The first kappa shape index (κ1) is 14.7. The fourth-order valence-corrected chi connectivity index (χ4v) is 3.79. The molecule has 1 N–H and O–H groups in total. The van der Waals surface area contributed by atoms with Gasteiger partial charge in [-0.25, -0.2) is 0 Å². The van der Waals surface area contributed by atoms with E-state index in [0.717, 1.165) is 11.7 Å². The molecule has 0 aromatic rings. The summed E-state index contributed by atoms with van der Waals surface area (Å²) in [7, 11) is 0. The van der Waals surface area contributed by atoms with Crippen LogP contribution in [-0.2, 0) is 14.3 Å². The first-order chi connectivity index (χ1) is 9.02. The first-order valence-electron chi connectivity index (χ1n) is 6.79. The monoisotopic (exact) mass is 286 g/mol. The van der Waals surface area contributed by atoms with Crippen molar-refractivity contribution in [3.8, 4) is 0 Å². The third kappa shape index (κ3) is 3.23. The van der Waals surface area contributed by atoms with Crippen LogP contribution in [0.1, 0.15) is 27.7 Å². The lowest BCUT2D eigenvalue weighted by atomic mass is 9.83. The highest BCUT2D eigenvalue weighted by atomic mass is 32.2. The number of amidine groups is 1. The highest BCUT2D eigenvalue weighted by molar-refractivity contribution is 8.14. The molecule has 2 heterocycles. The summed E-state index contributed by atoms with van der Waals surface area (Å²) in [5, 5.41) is 4.40. The molecular weight excluding hydrogens is 264 g/mol. The van der Waals surface area contributed by atoms with Crippen LogP contribution in [-0.4, -0.2) is 41.9 Å². The second-order valence-electron chi connectivity index (χ2n) is 5.13. The smallest absolute Gasteiger partial charge is 0.302 e. The van der Waals surface area contributed by atoms with E-state index in [0.29, 0.717) is 24.5 Å². The van der Waals surface area contributed by atoms with Gasteiger partial charge < -0.3 is 14.8 Å². The second kappa shape index (κ2) is 6.13. The minimum absolute atomic E-state index is 0.0320. The highest BCUT2D eigenvalue weighted by Crippen LogP contribution is 2.39. The molecule has 108 valence electrons. The molecule has 0 amide bonds. The van der Waals surface area contributed by atoms with Crippen LogP contribution >= 0.6 is 11.8 Å². The van der Waals surface area contributed by atoms with Crippen LogP contribution in [0.2, 0.25) is 0 Å². The predicted molar refractivity (Wildman–Crippen MR) is 76.1 cm³/mol. The lowest BCUT2D eigenvalue weighted by molar-refractivity contribution is -0.153. The number of rotatable bonds is 3. The maximum atomic E-state index is 10.9. The predicted octanol–water partition coefficient (Wildman–Crippen LogP) is 1.63. The number of carbonyl (C=O) groups excluding carboxylic acids is 1. The molecule has 2 aliphatic heterocycles. The summed E-state index contributed by atoms with van der Waals surface area (Å²) in [6, 6.07) is 0.291. The number of nitrogens with zero attached hydrogens (tertiary/aromatic N) is 1. The summed E-state index contributed by atoms with van der Waals surface area (Å²) in [5.41, 5.74) is 0.0667. The van der Waals surface area contributed by atoms with Gasteiger partial charge in [-0.2, -0.15) is 0 Å². The number of thioether (sulfide) groups is 1. The number of hydrogen-bond donors (Lipinski definition) is 1. The lowest BCUT2D eigenvalue weighted by Gasteiger charge is -2.40.